The molecule has 88 valence electrons. The smallest absolute Gasteiger partial charge is 0.129 e. The molecule has 0 spiro atoms. The van der Waals surface area contributed by atoms with Gasteiger partial charge in [0, 0.05) is 10.9 Å². The van der Waals surface area contributed by atoms with Crippen molar-refractivity contribution in [3.8, 4) is 0 Å². The van der Waals surface area contributed by atoms with E-state index in [4.69, 9.17) is 0 Å². The summed E-state index contributed by atoms with van der Waals surface area (Å²) >= 11 is 3.59. The van der Waals surface area contributed by atoms with Crippen molar-refractivity contribution in [2.24, 2.45) is 0 Å². The highest BCUT2D eigenvalue weighted by molar-refractivity contribution is 9.10. The van der Waals surface area contributed by atoms with Crippen molar-refractivity contribution in [1.82, 2.24) is 0 Å². The number of rotatable bonds is 5. The Hall–Kier alpha value is -0.630. The van der Waals surface area contributed by atoms with Crippen LogP contribution in [0.15, 0.2) is 22.7 Å². The zero-order valence-electron chi connectivity index (χ0n) is 10.2. The highest BCUT2D eigenvalue weighted by Crippen LogP contribution is 2.26. The molecule has 16 heavy (non-hydrogen) atoms. The lowest BCUT2D eigenvalue weighted by Gasteiger charge is -2.12. The van der Waals surface area contributed by atoms with Gasteiger partial charge in [-0.2, -0.15) is 0 Å². The largest absolute Gasteiger partial charge is 0.300 e. The van der Waals surface area contributed by atoms with Gasteiger partial charge < -0.3 is 4.79 Å². The summed E-state index contributed by atoms with van der Waals surface area (Å²) in [6, 6.07) is 6.53. The Kier molecular flexibility index (Phi) is 5.20. The summed E-state index contributed by atoms with van der Waals surface area (Å²) in [5, 5.41) is 0. The number of Topliss-reactive ketones (excluding diaryl/α,β-unsaturated/α-hetero) is 1. The van der Waals surface area contributed by atoms with Crippen LogP contribution in [0.5, 0.6) is 0 Å². The molecule has 0 radical (unpaired) electrons. The van der Waals surface area contributed by atoms with Crippen LogP contribution in [0, 0.1) is 0 Å². The fraction of sp³-hybridized carbons (Fsp3) is 0.500. The number of benzene rings is 1. The second-order valence-corrected chi connectivity index (χ2v) is 5.20. The highest BCUT2D eigenvalue weighted by atomic mass is 79.9. The fourth-order valence-corrected chi connectivity index (χ4v) is 2.42. The maximum atomic E-state index is 10.9. The Morgan fingerprint density at radius 1 is 1.44 bits per heavy atom. The van der Waals surface area contributed by atoms with Gasteiger partial charge in [0.2, 0.25) is 0 Å². The lowest BCUT2D eigenvalue weighted by molar-refractivity contribution is -0.117. The third kappa shape index (κ3) is 3.75. The summed E-state index contributed by atoms with van der Waals surface area (Å²) in [6.45, 7) is 5.98. The first-order valence-corrected chi connectivity index (χ1v) is 6.61. The number of carbonyl (C=O) groups excluding carboxylic acids is 1. The summed E-state index contributed by atoms with van der Waals surface area (Å²) in [4.78, 5) is 10.9. The molecule has 0 saturated heterocycles. The van der Waals surface area contributed by atoms with Crippen molar-refractivity contribution in [2.45, 2.75) is 46.0 Å². The minimum atomic E-state index is 0.274. The van der Waals surface area contributed by atoms with E-state index in [1.807, 2.05) is 0 Å². The average Bonchev–Trinajstić information content (AvgIpc) is 2.25. The Balaban J connectivity index is 2.72. The molecule has 1 unspecified atom stereocenters. The van der Waals surface area contributed by atoms with Gasteiger partial charge in [0.1, 0.15) is 5.78 Å². The lowest BCUT2D eigenvalue weighted by atomic mass is 9.94. The maximum Gasteiger partial charge on any atom is 0.129 e. The standard InChI is InChI=1S/C14H19BrO/c1-4-12-7-8-13(9-14(12)15)10(2)5-6-11(3)16/h7-10H,4-6H2,1-3H3. The van der Waals surface area contributed by atoms with Gasteiger partial charge in [0.25, 0.3) is 0 Å². The van der Waals surface area contributed by atoms with E-state index in [-0.39, 0.29) is 5.78 Å². The Morgan fingerprint density at radius 3 is 2.62 bits per heavy atom. The van der Waals surface area contributed by atoms with Crippen LogP contribution >= 0.6 is 15.9 Å². The van der Waals surface area contributed by atoms with Gasteiger partial charge in [-0.3, -0.25) is 0 Å². The molecule has 0 aromatic heterocycles. The average molecular weight is 283 g/mol. The normalized spacial score (nSPS) is 12.5. The molecular formula is C14H19BrO. The van der Waals surface area contributed by atoms with Crippen LogP contribution in [0.4, 0.5) is 0 Å². The number of hydrogen-bond donors (Lipinski definition) is 0. The zero-order valence-corrected chi connectivity index (χ0v) is 11.8. The van der Waals surface area contributed by atoms with Gasteiger partial charge in [0.05, 0.1) is 0 Å². The Bertz CT molecular complexity index is 371. The minimum Gasteiger partial charge on any atom is -0.300 e. The van der Waals surface area contributed by atoms with E-state index < -0.39 is 0 Å². The summed E-state index contributed by atoms with van der Waals surface area (Å²) in [5.74, 6) is 0.724. The predicted octanol–water partition coefficient (Wildman–Crippen LogP) is 4.48. The van der Waals surface area contributed by atoms with Gasteiger partial charge in [-0.1, -0.05) is 41.9 Å². The van der Waals surface area contributed by atoms with Crippen molar-refractivity contribution in [1.29, 1.82) is 0 Å². The molecule has 2 heteroatoms. The first-order valence-electron chi connectivity index (χ1n) is 5.82. The van der Waals surface area contributed by atoms with E-state index in [0.29, 0.717) is 12.3 Å². The molecule has 0 bridgehead atoms. The second-order valence-electron chi connectivity index (χ2n) is 4.35. The van der Waals surface area contributed by atoms with Crippen LogP contribution < -0.4 is 0 Å². The molecule has 1 aromatic carbocycles. The molecule has 0 saturated carbocycles. The van der Waals surface area contributed by atoms with E-state index in [1.54, 1.807) is 6.92 Å². The minimum absolute atomic E-state index is 0.274. The van der Waals surface area contributed by atoms with E-state index in [9.17, 15) is 4.79 Å². The molecule has 0 aliphatic heterocycles. The quantitative estimate of drug-likeness (QED) is 0.778. The van der Waals surface area contributed by atoms with Crippen LogP contribution in [-0.2, 0) is 11.2 Å². The highest BCUT2D eigenvalue weighted by Gasteiger charge is 2.08. The first kappa shape index (κ1) is 13.4. The predicted molar refractivity (Wildman–Crippen MR) is 71.9 cm³/mol. The number of hydrogen-bond acceptors (Lipinski definition) is 1. The molecule has 0 aliphatic rings. The van der Waals surface area contributed by atoms with Gasteiger partial charge in [-0.05, 0) is 42.9 Å². The van der Waals surface area contributed by atoms with Crippen molar-refractivity contribution in [2.75, 3.05) is 0 Å². The summed E-state index contributed by atoms with van der Waals surface area (Å²) in [6.07, 6.45) is 2.66. The number of aryl methyl sites for hydroxylation is 1. The summed E-state index contributed by atoms with van der Waals surface area (Å²) < 4.78 is 1.18. The molecular weight excluding hydrogens is 264 g/mol. The van der Waals surface area contributed by atoms with Crippen LogP contribution in [0.25, 0.3) is 0 Å². The molecule has 0 aliphatic carbocycles. The zero-order chi connectivity index (χ0) is 12.1. The first-order chi connectivity index (χ1) is 7.54. The van der Waals surface area contributed by atoms with Crippen LogP contribution in [0.3, 0.4) is 0 Å². The molecule has 1 rings (SSSR count). The Morgan fingerprint density at radius 2 is 2.12 bits per heavy atom. The number of ketones is 1. The Labute approximate surface area is 106 Å². The van der Waals surface area contributed by atoms with Crippen LogP contribution in [0.1, 0.15) is 50.7 Å². The topological polar surface area (TPSA) is 17.1 Å². The molecule has 0 heterocycles. The van der Waals surface area contributed by atoms with Gasteiger partial charge in [-0.25, -0.2) is 0 Å². The van der Waals surface area contributed by atoms with Gasteiger partial charge in [-0.15, -0.1) is 0 Å². The van der Waals surface area contributed by atoms with E-state index in [0.717, 1.165) is 12.8 Å². The summed E-state index contributed by atoms with van der Waals surface area (Å²) in [5.41, 5.74) is 2.65. The van der Waals surface area contributed by atoms with Crippen LogP contribution in [0.2, 0.25) is 0 Å². The van der Waals surface area contributed by atoms with E-state index in [2.05, 4.69) is 48.0 Å². The molecule has 0 amide bonds. The lowest BCUT2D eigenvalue weighted by Crippen LogP contribution is -1.98. The van der Waals surface area contributed by atoms with Crippen molar-refractivity contribution < 1.29 is 4.79 Å². The van der Waals surface area contributed by atoms with Crippen molar-refractivity contribution >= 4 is 21.7 Å². The fourth-order valence-electron chi connectivity index (χ4n) is 1.74. The van der Waals surface area contributed by atoms with E-state index in [1.165, 1.54) is 15.6 Å². The monoisotopic (exact) mass is 282 g/mol. The molecule has 1 atom stereocenters. The number of carbonyl (C=O) groups is 1. The van der Waals surface area contributed by atoms with E-state index >= 15 is 0 Å². The molecule has 0 fully saturated rings. The summed E-state index contributed by atoms with van der Waals surface area (Å²) in [7, 11) is 0. The molecule has 1 aromatic rings. The van der Waals surface area contributed by atoms with Crippen molar-refractivity contribution in [3.63, 3.8) is 0 Å². The van der Waals surface area contributed by atoms with Gasteiger partial charge >= 0.3 is 0 Å². The van der Waals surface area contributed by atoms with Gasteiger partial charge in [0.15, 0.2) is 0 Å². The van der Waals surface area contributed by atoms with Crippen LogP contribution in [-0.4, -0.2) is 5.78 Å². The third-order valence-electron chi connectivity index (χ3n) is 2.96. The number of halogens is 1. The third-order valence-corrected chi connectivity index (χ3v) is 3.69. The second kappa shape index (κ2) is 6.19. The maximum absolute atomic E-state index is 10.9. The van der Waals surface area contributed by atoms with Crippen molar-refractivity contribution in [3.05, 3.63) is 33.8 Å². The molecule has 1 nitrogen and oxygen atoms in total. The SMILES string of the molecule is CCc1ccc(C(C)CCC(C)=O)cc1Br. The molecule has 0 N–H and O–H groups in total.